The quantitative estimate of drug-likeness (QED) is 0.490. The Balaban J connectivity index is 0.00000225. The van der Waals surface area contributed by atoms with Crippen molar-refractivity contribution in [2.24, 2.45) is 0 Å². The predicted molar refractivity (Wildman–Crippen MR) is 114 cm³/mol. The van der Waals surface area contributed by atoms with Crippen LogP contribution in [0, 0.1) is 0 Å². The van der Waals surface area contributed by atoms with Gasteiger partial charge in [-0.15, -0.1) is 23.7 Å². The largest absolute Gasteiger partial charge is 0.308 e. The van der Waals surface area contributed by atoms with Crippen LogP contribution in [0.5, 0.6) is 0 Å². The number of rotatable bonds is 5. The molecule has 9 heteroatoms. The summed E-state index contributed by atoms with van der Waals surface area (Å²) >= 11 is 12.4. The topological polar surface area (TPSA) is 36.4 Å². The van der Waals surface area contributed by atoms with Crippen molar-refractivity contribution in [2.45, 2.75) is 0 Å². The summed E-state index contributed by atoms with van der Waals surface area (Å²) in [6.07, 6.45) is 0. The Morgan fingerprint density at radius 2 is 1.96 bits per heavy atom. The first-order valence-corrected chi connectivity index (χ1v) is 10.0. The fraction of sp³-hybridized carbons (Fsp3) is 0.250. The molecule has 4 nitrogen and oxygen atoms in total. The third-order valence-electron chi connectivity index (χ3n) is 3.37. The highest BCUT2D eigenvalue weighted by molar-refractivity contribution is 9.11. The molecule has 0 aliphatic heterocycles. The molecule has 134 valence electrons. The molecular weight excluding hydrogens is 465 g/mol. The number of anilines is 1. The molecule has 2 heterocycles. The number of hydrogen-bond acceptors (Lipinski definition) is 5. The second kappa shape index (κ2) is 8.79. The second-order valence-electron chi connectivity index (χ2n) is 5.47. The number of nitrogens with zero attached hydrogens (tertiary/aromatic N) is 3. The van der Waals surface area contributed by atoms with E-state index in [-0.39, 0.29) is 18.3 Å². The van der Waals surface area contributed by atoms with E-state index in [1.165, 1.54) is 22.7 Å². The van der Waals surface area contributed by atoms with E-state index in [0.717, 1.165) is 20.5 Å². The van der Waals surface area contributed by atoms with Crippen molar-refractivity contribution in [1.82, 2.24) is 9.88 Å². The second-order valence-corrected chi connectivity index (χ2v) is 9.38. The van der Waals surface area contributed by atoms with Crippen LogP contribution in [0.25, 0.3) is 10.2 Å². The van der Waals surface area contributed by atoms with E-state index in [1.807, 2.05) is 44.4 Å². The number of likely N-dealkylation sites (N-methyl/N-ethyl adjacent to an activating group) is 1. The molecule has 0 saturated heterocycles. The van der Waals surface area contributed by atoms with Crippen LogP contribution in [-0.2, 0) is 0 Å². The first kappa shape index (κ1) is 20.6. The van der Waals surface area contributed by atoms with Crippen LogP contribution in [-0.4, -0.2) is 43.0 Å². The molecule has 1 amide bonds. The molecule has 0 bridgehead atoms. The maximum Gasteiger partial charge on any atom is 0.270 e. The van der Waals surface area contributed by atoms with Crippen LogP contribution in [0.15, 0.2) is 34.1 Å². The summed E-state index contributed by atoms with van der Waals surface area (Å²) in [5.74, 6) is -0.0299. The summed E-state index contributed by atoms with van der Waals surface area (Å²) in [7, 11) is 3.98. The summed E-state index contributed by atoms with van der Waals surface area (Å²) in [6.45, 7) is 1.34. The molecule has 0 fully saturated rings. The highest BCUT2D eigenvalue weighted by atomic mass is 79.9. The zero-order chi connectivity index (χ0) is 17.3. The normalized spacial score (nSPS) is 10.9. The number of thiophene rings is 1. The minimum atomic E-state index is -0.0299. The number of thiazole rings is 1. The van der Waals surface area contributed by atoms with Crippen LogP contribution >= 0.6 is 62.6 Å². The van der Waals surface area contributed by atoms with Gasteiger partial charge in [-0.05, 0) is 60.4 Å². The lowest BCUT2D eigenvalue weighted by molar-refractivity contribution is 0.0989. The van der Waals surface area contributed by atoms with Crippen LogP contribution in [0.4, 0.5) is 5.13 Å². The summed E-state index contributed by atoms with van der Waals surface area (Å²) < 4.78 is 1.92. The van der Waals surface area contributed by atoms with E-state index in [4.69, 9.17) is 11.6 Å². The third kappa shape index (κ3) is 4.93. The Labute approximate surface area is 174 Å². The number of aromatic nitrogens is 1. The maximum absolute atomic E-state index is 13.0. The molecule has 0 radical (unpaired) electrons. The molecule has 25 heavy (non-hydrogen) atoms. The van der Waals surface area contributed by atoms with Crippen molar-refractivity contribution in [3.8, 4) is 0 Å². The summed E-state index contributed by atoms with van der Waals surface area (Å²) in [6, 6.07) is 9.31. The molecule has 0 saturated carbocycles. The Hall–Kier alpha value is -0.700. The lowest BCUT2D eigenvalue weighted by Gasteiger charge is -2.21. The highest BCUT2D eigenvalue weighted by Crippen LogP contribution is 2.32. The standard InChI is InChI=1S/C16H15BrClN3OS2.ClH/c1-20(2)7-8-21(15(22)12-5-6-14(17)23-12)16-19-11-4-3-10(18)9-13(11)24-16;/h3-6,9H,7-8H2,1-2H3;1H. The number of halogens is 3. The van der Waals surface area contributed by atoms with Gasteiger partial charge in [-0.25, -0.2) is 4.98 Å². The van der Waals surface area contributed by atoms with Gasteiger partial charge in [-0.1, -0.05) is 22.9 Å². The first-order valence-electron chi connectivity index (χ1n) is 7.22. The van der Waals surface area contributed by atoms with Gasteiger partial charge in [0.2, 0.25) is 0 Å². The average molecular weight is 481 g/mol. The molecule has 0 aliphatic rings. The number of amides is 1. The zero-order valence-electron chi connectivity index (χ0n) is 13.5. The van der Waals surface area contributed by atoms with Crippen LogP contribution < -0.4 is 4.90 Å². The molecule has 0 spiro atoms. The fourth-order valence-electron chi connectivity index (χ4n) is 2.15. The molecule has 0 unspecified atom stereocenters. The molecule has 0 atom stereocenters. The van der Waals surface area contributed by atoms with E-state index >= 15 is 0 Å². The lowest BCUT2D eigenvalue weighted by Crippen LogP contribution is -2.36. The Kier molecular flexibility index (Phi) is 7.25. The number of benzene rings is 1. The molecule has 2 aromatic heterocycles. The predicted octanol–water partition coefficient (Wildman–Crippen LogP) is 5.40. The van der Waals surface area contributed by atoms with Gasteiger partial charge in [0.15, 0.2) is 5.13 Å². The number of carbonyl (C=O) groups excluding carboxylic acids is 1. The van der Waals surface area contributed by atoms with Gasteiger partial charge >= 0.3 is 0 Å². The van der Waals surface area contributed by atoms with E-state index < -0.39 is 0 Å². The lowest BCUT2D eigenvalue weighted by atomic mass is 10.3. The van der Waals surface area contributed by atoms with Gasteiger partial charge in [0.05, 0.1) is 18.9 Å². The van der Waals surface area contributed by atoms with E-state index in [1.54, 1.807) is 4.90 Å². The Bertz CT molecular complexity index is 881. The molecular formula is C16H16BrCl2N3OS2. The van der Waals surface area contributed by atoms with Crippen molar-refractivity contribution < 1.29 is 4.79 Å². The Morgan fingerprint density at radius 3 is 2.60 bits per heavy atom. The molecule has 1 aromatic carbocycles. The molecule has 0 aliphatic carbocycles. The van der Waals surface area contributed by atoms with Crippen molar-refractivity contribution in [2.75, 3.05) is 32.1 Å². The molecule has 3 rings (SSSR count). The van der Waals surface area contributed by atoms with Gasteiger partial charge in [-0.2, -0.15) is 0 Å². The number of carbonyl (C=O) groups is 1. The van der Waals surface area contributed by atoms with Crippen LogP contribution in [0.3, 0.4) is 0 Å². The smallest absolute Gasteiger partial charge is 0.270 e. The minimum absolute atomic E-state index is 0. The monoisotopic (exact) mass is 479 g/mol. The number of hydrogen-bond donors (Lipinski definition) is 0. The van der Waals surface area contributed by atoms with Gasteiger partial charge in [0, 0.05) is 18.1 Å². The summed E-state index contributed by atoms with van der Waals surface area (Å²) in [4.78, 5) is 22.1. The molecule has 0 N–H and O–H groups in total. The van der Waals surface area contributed by atoms with Gasteiger partial charge in [0.25, 0.3) is 5.91 Å². The van der Waals surface area contributed by atoms with Gasteiger partial charge < -0.3 is 4.90 Å². The van der Waals surface area contributed by atoms with E-state index in [2.05, 4.69) is 25.8 Å². The Morgan fingerprint density at radius 1 is 1.20 bits per heavy atom. The minimum Gasteiger partial charge on any atom is -0.308 e. The molecule has 3 aromatic rings. The van der Waals surface area contributed by atoms with Crippen LogP contribution in [0.2, 0.25) is 5.02 Å². The van der Waals surface area contributed by atoms with Gasteiger partial charge in [0.1, 0.15) is 0 Å². The third-order valence-corrected chi connectivity index (χ3v) is 6.26. The summed E-state index contributed by atoms with van der Waals surface area (Å²) in [5.41, 5.74) is 0.856. The van der Waals surface area contributed by atoms with Crippen molar-refractivity contribution >= 4 is 83.9 Å². The number of fused-ring (bicyclic) bond motifs is 1. The van der Waals surface area contributed by atoms with Crippen molar-refractivity contribution in [3.05, 3.63) is 44.0 Å². The first-order chi connectivity index (χ1) is 11.4. The van der Waals surface area contributed by atoms with Crippen LogP contribution in [0.1, 0.15) is 9.67 Å². The van der Waals surface area contributed by atoms with Crippen molar-refractivity contribution in [1.29, 1.82) is 0 Å². The average Bonchev–Trinajstić information content (AvgIpc) is 3.12. The van der Waals surface area contributed by atoms with E-state index in [0.29, 0.717) is 21.6 Å². The van der Waals surface area contributed by atoms with Gasteiger partial charge in [-0.3, -0.25) is 9.69 Å². The maximum atomic E-state index is 13.0. The zero-order valence-corrected chi connectivity index (χ0v) is 18.3. The summed E-state index contributed by atoms with van der Waals surface area (Å²) in [5, 5.41) is 1.37. The highest BCUT2D eigenvalue weighted by Gasteiger charge is 2.22. The van der Waals surface area contributed by atoms with Crippen molar-refractivity contribution in [3.63, 3.8) is 0 Å². The SMILES string of the molecule is CN(C)CCN(C(=O)c1ccc(Br)s1)c1nc2ccc(Cl)cc2s1.Cl. The van der Waals surface area contributed by atoms with E-state index in [9.17, 15) is 4.79 Å². The fourth-order valence-corrected chi connectivity index (χ4v) is 4.75.